The van der Waals surface area contributed by atoms with Crippen LogP contribution < -0.4 is 0 Å². The molecule has 0 aliphatic heterocycles. The number of rotatable bonds is 6. The summed E-state index contributed by atoms with van der Waals surface area (Å²) in [6.45, 7) is 3.77. The second kappa shape index (κ2) is 9.09. The molecule has 0 aromatic heterocycles. The van der Waals surface area contributed by atoms with Crippen molar-refractivity contribution in [2.24, 2.45) is 34.5 Å². The monoisotopic (exact) mass is 486 g/mol. The number of hydrogen-bond acceptors (Lipinski definition) is 6. The minimum Gasteiger partial charge on any atom is -0.458 e. The van der Waals surface area contributed by atoms with Crippen LogP contribution in [0.3, 0.4) is 0 Å². The Morgan fingerprint density at radius 1 is 1.09 bits per heavy atom. The molecule has 0 aromatic carbocycles. The molecule has 5 rings (SSSR count). The van der Waals surface area contributed by atoms with E-state index in [4.69, 9.17) is 4.74 Å². The predicted molar refractivity (Wildman–Crippen MR) is 130 cm³/mol. The summed E-state index contributed by atoms with van der Waals surface area (Å²) in [5.41, 5.74) is -1.36. The quantitative estimate of drug-likeness (QED) is 0.543. The van der Waals surface area contributed by atoms with Crippen LogP contribution in [-0.4, -0.2) is 46.1 Å². The standard InChI is InChI=1S/C29H42O6/c1-27-13-11-20(30)15-19(27)8-9-21-22-12-14-29(34,28(22,2)16-23(31)26(21)27)24(32)17-35-25(33)10-7-18-5-3-4-6-18/h15,18,21-23,26,31,34H,3-14,16-17H2,1-2H3/t21-,22-,23+,26+,27-,28-,29+/m0/s1. The van der Waals surface area contributed by atoms with Gasteiger partial charge in [0, 0.05) is 18.3 Å². The SMILES string of the molecule is C[C@]12CCC(=O)C=C1CC[C@@H]1[C@@H]2[C@H](O)C[C@@]2(C)[C@H]1CC[C@@]2(O)C(=O)COC(=O)CCC1CCCC1. The summed E-state index contributed by atoms with van der Waals surface area (Å²) in [5, 5.41) is 23.2. The minimum atomic E-state index is -1.59. The van der Waals surface area contributed by atoms with Crippen molar-refractivity contribution in [1.29, 1.82) is 0 Å². The maximum Gasteiger partial charge on any atom is 0.306 e. The number of esters is 1. The Balaban J connectivity index is 1.28. The molecule has 4 saturated carbocycles. The molecule has 0 amide bonds. The molecule has 0 radical (unpaired) electrons. The number of aliphatic hydroxyl groups is 2. The van der Waals surface area contributed by atoms with Crippen LogP contribution in [0.5, 0.6) is 0 Å². The summed E-state index contributed by atoms with van der Waals surface area (Å²) in [5.74, 6) is 0.360. The lowest BCUT2D eigenvalue weighted by Gasteiger charge is -2.60. The molecule has 35 heavy (non-hydrogen) atoms. The summed E-state index contributed by atoms with van der Waals surface area (Å²) in [7, 11) is 0. The fraction of sp³-hybridized carbons (Fsp3) is 0.828. The summed E-state index contributed by atoms with van der Waals surface area (Å²) in [4.78, 5) is 37.7. The molecule has 2 N–H and O–H groups in total. The molecule has 0 spiro atoms. The van der Waals surface area contributed by atoms with Gasteiger partial charge in [0.15, 0.2) is 12.4 Å². The molecule has 5 aliphatic carbocycles. The van der Waals surface area contributed by atoms with Gasteiger partial charge in [0.05, 0.1) is 6.10 Å². The Bertz CT molecular complexity index is 918. The van der Waals surface area contributed by atoms with Crippen molar-refractivity contribution in [3.63, 3.8) is 0 Å². The highest BCUT2D eigenvalue weighted by Crippen LogP contribution is 2.67. The Morgan fingerprint density at radius 2 is 1.83 bits per heavy atom. The number of Topliss-reactive ketones (excluding diaryl/α,β-unsaturated/α-hetero) is 1. The van der Waals surface area contributed by atoms with Crippen LogP contribution in [0.1, 0.15) is 97.3 Å². The average molecular weight is 487 g/mol. The minimum absolute atomic E-state index is 0.0412. The van der Waals surface area contributed by atoms with Gasteiger partial charge >= 0.3 is 5.97 Å². The number of ether oxygens (including phenoxy) is 1. The zero-order valence-electron chi connectivity index (χ0n) is 21.4. The number of allylic oxidation sites excluding steroid dienone is 1. The summed E-state index contributed by atoms with van der Waals surface area (Å²) in [6.07, 6.45) is 11.5. The van der Waals surface area contributed by atoms with Gasteiger partial charge in [-0.05, 0) is 80.1 Å². The Morgan fingerprint density at radius 3 is 2.57 bits per heavy atom. The smallest absolute Gasteiger partial charge is 0.306 e. The molecule has 0 heterocycles. The molecule has 0 unspecified atom stereocenters. The van der Waals surface area contributed by atoms with Crippen molar-refractivity contribution in [2.75, 3.05) is 6.61 Å². The summed E-state index contributed by atoms with van der Waals surface area (Å²) in [6, 6.07) is 0. The number of aliphatic hydroxyl groups excluding tert-OH is 1. The van der Waals surface area contributed by atoms with E-state index in [1.165, 1.54) is 31.3 Å². The van der Waals surface area contributed by atoms with Crippen LogP contribution >= 0.6 is 0 Å². The lowest BCUT2D eigenvalue weighted by molar-refractivity contribution is -0.184. The second-order valence-corrected chi connectivity index (χ2v) is 12.7. The first kappa shape index (κ1) is 25.1. The van der Waals surface area contributed by atoms with Crippen LogP contribution in [0, 0.1) is 34.5 Å². The molecular formula is C29H42O6. The van der Waals surface area contributed by atoms with Crippen LogP contribution in [0.15, 0.2) is 11.6 Å². The number of hydrogen-bond donors (Lipinski definition) is 2. The van der Waals surface area contributed by atoms with E-state index in [-0.39, 0.29) is 41.5 Å². The highest BCUT2D eigenvalue weighted by atomic mass is 16.5. The van der Waals surface area contributed by atoms with E-state index in [0.717, 1.165) is 32.1 Å². The third-order valence-corrected chi connectivity index (χ3v) is 11.1. The van der Waals surface area contributed by atoms with Gasteiger partial charge in [0.2, 0.25) is 5.78 Å². The highest BCUT2D eigenvalue weighted by Gasteiger charge is 2.68. The molecule has 6 heteroatoms. The number of carbonyl (C=O) groups is 3. The Kier molecular flexibility index (Phi) is 6.53. The molecule has 0 aromatic rings. The Hall–Kier alpha value is -1.53. The molecule has 4 fully saturated rings. The van der Waals surface area contributed by atoms with Crippen molar-refractivity contribution >= 4 is 17.5 Å². The van der Waals surface area contributed by atoms with Gasteiger partial charge in [0.1, 0.15) is 5.60 Å². The van der Waals surface area contributed by atoms with E-state index in [2.05, 4.69) is 6.92 Å². The zero-order valence-corrected chi connectivity index (χ0v) is 21.4. The lowest BCUT2D eigenvalue weighted by Crippen LogP contribution is -2.62. The molecule has 194 valence electrons. The van der Waals surface area contributed by atoms with Gasteiger partial charge in [-0.1, -0.05) is 45.1 Å². The van der Waals surface area contributed by atoms with Gasteiger partial charge in [-0.25, -0.2) is 0 Å². The first-order valence-corrected chi connectivity index (χ1v) is 13.9. The van der Waals surface area contributed by atoms with Gasteiger partial charge in [-0.2, -0.15) is 0 Å². The van der Waals surface area contributed by atoms with E-state index >= 15 is 0 Å². The fourth-order valence-electron chi connectivity index (χ4n) is 9.11. The van der Waals surface area contributed by atoms with E-state index in [1.807, 2.05) is 13.0 Å². The fourth-order valence-corrected chi connectivity index (χ4v) is 9.11. The first-order valence-electron chi connectivity index (χ1n) is 13.9. The first-order chi connectivity index (χ1) is 16.6. The van der Waals surface area contributed by atoms with Crippen LogP contribution in [0.25, 0.3) is 0 Å². The average Bonchev–Trinajstić information content (AvgIpc) is 3.43. The number of fused-ring (bicyclic) bond motifs is 5. The number of ketones is 2. The maximum atomic E-state index is 13.3. The van der Waals surface area contributed by atoms with E-state index < -0.39 is 22.9 Å². The Labute approximate surface area is 208 Å². The third kappa shape index (κ3) is 4.03. The van der Waals surface area contributed by atoms with Gasteiger partial charge < -0.3 is 14.9 Å². The van der Waals surface area contributed by atoms with Crippen LogP contribution in [0.4, 0.5) is 0 Å². The lowest BCUT2D eigenvalue weighted by atomic mass is 9.45. The summed E-state index contributed by atoms with van der Waals surface area (Å²) < 4.78 is 5.35. The van der Waals surface area contributed by atoms with E-state index in [1.54, 1.807) is 0 Å². The molecule has 5 aliphatic rings. The normalized spacial score (nSPS) is 43.2. The van der Waals surface area contributed by atoms with E-state index in [9.17, 15) is 24.6 Å². The third-order valence-electron chi connectivity index (χ3n) is 11.1. The van der Waals surface area contributed by atoms with E-state index in [0.29, 0.717) is 31.6 Å². The second-order valence-electron chi connectivity index (χ2n) is 12.7. The van der Waals surface area contributed by atoms with Crippen molar-refractivity contribution in [1.82, 2.24) is 0 Å². The topological polar surface area (TPSA) is 101 Å². The van der Waals surface area contributed by atoms with Crippen LogP contribution in [0.2, 0.25) is 0 Å². The largest absolute Gasteiger partial charge is 0.458 e. The molecule has 6 nitrogen and oxygen atoms in total. The van der Waals surface area contributed by atoms with Crippen LogP contribution in [-0.2, 0) is 19.1 Å². The maximum absolute atomic E-state index is 13.3. The molecule has 0 saturated heterocycles. The van der Waals surface area contributed by atoms with Gasteiger partial charge in [-0.3, -0.25) is 14.4 Å². The summed E-state index contributed by atoms with van der Waals surface area (Å²) >= 11 is 0. The highest BCUT2D eigenvalue weighted by molar-refractivity contribution is 5.92. The molecule has 7 atom stereocenters. The number of carbonyl (C=O) groups excluding carboxylic acids is 3. The van der Waals surface area contributed by atoms with Crippen molar-refractivity contribution < 1.29 is 29.3 Å². The van der Waals surface area contributed by atoms with Crippen molar-refractivity contribution in [2.45, 2.75) is 109 Å². The predicted octanol–water partition coefficient (Wildman–Crippen LogP) is 4.30. The van der Waals surface area contributed by atoms with Crippen molar-refractivity contribution in [3.05, 3.63) is 11.6 Å². The zero-order chi connectivity index (χ0) is 25.0. The van der Waals surface area contributed by atoms with Gasteiger partial charge in [-0.15, -0.1) is 0 Å². The van der Waals surface area contributed by atoms with Gasteiger partial charge in [0.25, 0.3) is 0 Å². The molecule has 0 bridgehead atoms. The van der Waals surface area contributed by atoms with Crippen molar-refractivity contribution in [3.8, 4) is 0 Å². The molecular weight excluding hydrogens is 444 g/mol.